The van der Waals surface area contributed by atoms with Crippen molar-refractivity contribution >= 4 is 29.3 Å². The van der Waals surface area contributed by atoms with Crippen LogP contribution in [-0.2, 0) is 35.2 Å². The third-order valence-electron chi connectivity index (χ3n) is 11.7. The molecule has 0 aliphatic carbocycles. The highest BCUT2D eigenvalue weighted by Gasteiger charge is 2.42. The number of likely N-dealkylation sites (tertiary alicyclic amines) is 1. The van der Waals surface area contributed by atoms with Crippen LogP contribution < -0.4 is 10.6 Å². The third-order valence-corrected chi connectivity index (χ3v) is 11.7. The van der Waals surface area contributed by atoms with Crippen molar-refractivity contribution in [1.82, 2.24) is 25.3 Å². The zero-order valence-electron chi connectivity index (χ0n) is 35.9. The monoisotopic (exact) mass is 807 g/mol. The first-order valence-electron chi connectivity index (χ1n) is 20.3. The summed E-state index contributed by atoms with van der Waals surface area (Å²) in [7, 11) is 6.58. The maximum Gasteiger partial charge on any atom is 0.242 e. The molecule has 0 bridgehead atoms. The summed E-state index contributed by atoms with van der Waals surface area (Å²) >= 11 is 0. The predicted octanol–water partition coefficient (Wildman–Crippen LogP) is 5.59. The van der Waals surface area contributed by atoms with E-state index in [0.29, 0.717) is 37.2 Å². The van der Waals surface area contributed by atoms with E-state index in [2.05, 4.69) is 21.0 Å². The SMILES string of the molecule is CC[C@H](C)[C@@H]([C@@H](CC(=O)N1CCC[C@H]1[C@H](OC)[C@@H](C)C(=O)N[C@H](C)[C@@H](N=O)c1ccccc1)OC)N(C)C(=O)CNC(=O)[C@H](C(C)C)N(C)Cc1ccc(N=O)cc1. The van der Waals surface area contributed by atoms with Gasteiger partial charge in [-0.2, -0.15) is 4.91 Å². The lowest BCUT2D eigenvalue weighted by Gasteiger charge is -2.39. The summed E-state index contributed by atoms with van der Waals surface area (Å²) < 4.78 is 11.9. The largest absolute Gasteiger partial charge is 0.379 e. The van der Waals surface area contributed by atoms with Crippen LogP contribution in [-0.4, -0.2) is 116 Å². The number of rotatable bonds is 23. The topological polar surface area (TPSA) is 179 Å². The van der Waals surface area contributed by atoms with Gasteiger partial charge in [-0.3, -0.25) is 24.1 Å². The highest BCUT2D eigenvalue weighted by molar-refractivity contribution is 5.88. The van der Waals surface area contributed by atoms with Gasteiger partial charge in [-0.15, -0.1) is 4.91 Å². The molecule has 0 unspecified atom stereocenters. The first kappa shape index (κ1) is 47.8. The van der Waals surface area contributed by atoms with E-state index < -0.39 is 42.3 Å². The van der Waals surface area contributed by atoms with Gasteiger partial charge in [0.15, 0.2) is 0 Å². The minimum Gasteiger partial charge on any atom is -0.379 e. The lowest BCUT2D eigenvalue weighted by molar-refractivity contribution is -0.146. The molecule has 1 fully saturated rings. The molecule has 0 saturated carbocycles. The number of methoxy groups -OCH3 is 2. The molecule has 2 N–H and O–H groups in total. The Kier molecular flexibility index (Phi) is 19.0. The fourth-order valence-electron chi connectivity index (χ4n) is 8.30. The Balaban J connectivity index is 1.68. The van der Waals surface area contributed by atoms with E-state index >= 15 is 0 Å². The molecule has 2 aromatic rings. The van der Waals surface area contributed by atoms with Crippen molar-refractivity contribution in [3.63, 3.8) is 0 Å². The molecule has 0 spiro atoms. The van der Waals surface area contributed by atoms with Gasteiger partial charge < -0.3 is 29.9 Å². The van der Waals surface area contributed by atoms with E-state index in [1.165, 1.54) is 14.2 Å². The smallest absolute Gasteiger partial charge is 0.242 e. The standard InChI is InChI=1S/C43H65N7O8/c1-11-28(4)40(49(8)37(52)25-44-43(54)39(27(2)3)48(7)26-31-19-21-33(46-55)22-20-31)35(57-9)24-36(51)50-23-15-18-34(50)41(58-10)29(5)42(53)45-30(6)38(47-56)32-16-13-12-14-17-32/h12-14,16-17,19-22,27-30,34-35,38-41H,11,15,18,23-26H2,1-10H3,(H,44,54)(H,45,53)/t28-,29+,30+,34-,35+,38+,39-,40-,41+/m0/s1. The molecule has 1 aliphatic heterocycles. The Labute approximate surface area is 343 Å². The third kappa shape index (κ3) is 12.5. The highest BCUT2D eigenvalue weighted by Crippen LogP contribution is 2.30. The Morgan fingerprint density at radius 2 is 1.57 bits per heavy atom. The van der Waals surface area contributed by atoms with Crippen LogP contribution in [0.2, 0.25) is 0 Å². The maximum absolute atomic E-state index is 14.1. The number of nitroso groups, excluding NO2 is 2. The summed E-state index contributed by atoms with van der Waals surface area (Å²) in [6, 6.07) is 13.2. The minimum atomic E-state index is -0.768. The molecular weight excluding hydrogens is 743 g/mol. The molecular formula is C43H65N7O8. The van der Waals surface area contributed by atoms with Crippen LogP contribution in [0.25, 0.3) is 0 Å². The van der Waals surface area contributed by atoms with Crippen LogP contribution in [0.5, 0.6) is 0 Å². The first-order valence-corrected chi connectivity index (χ1v) is 20.3. The van der Waals surface area contributed by atoms with Gasteiger partial charge in [-0.25, -0.2) is 0 Å². The average molecular weight is 808 g/mol. The van der Waals surface area contributed by atoms with E-state index in [1.807, 2.05) is 57.8 Å². The van der Waals surface area contributed by atoms with Gasteiger partial charge in [0.2, 0.25) is 23.6 Å². The molecule has 9 atom stereocenters. The highest BCUT2D eigenvalue weighted by atomic mass is 16.5. The summed E-state index contributed by atoms with van der Waals surface area (Å²) in [6.45, 7) is 12.1. The second-order valence-corrected chi connectivity index (χ2v) is 16.0. The van der Waals surface area contributed by atoms with Gasteiger partial charge in [-0.1, -0.05) is 88.7 Å². The van der Waals surface area contributed by atoms with Crippen molar-refractivity contribution < 1.29 is 28.7 Å². The molecule has 1 aliphatic rings. The number of likely N-dealkylation sites (N-methyl/N-ethyl adjacent to an activating group) is 2. The summed E-state index contributed by atoms with van der Waals surface area (Å²) in [5, 5.41) is 12.0. The van der Waals surface area contributed by atoms with Crippen molar-refractivity contribution in [3.05, 3.63) is 75.5 Å². The lowest BCUT2D eigenvalue weighted by Crippen LogP contribution is -2.55. The van der Waals surface area contributed by atoms with Crippen LogP contribution in [0, 0.1) is 27.6 Å². The van der Waals surface area contributed by atoms with E-state index in [1.54, 1.807) is 67.1 Å². The summed E-state index contributed by atoms with van der Waals surface area (Å²) in [5.74, 6) is -1.85. The van der Waals surface area contributed by atoms with Crippen molar-refractivity contribution in [2.45, 2.75) is 116 Å². The van der Waals surface area contributed by atoms with Crippen LogP contribution in [0.4, 0.5) is 5.69 Å². The lowest BCUT2D eigenvalue weighted by atomic mass is 9.90. The number of benzene rings is 2. The zero-order valence-corrected chi connectivity index (χ0v) is 35.9. The molecule has 1 saturated heterocycles. The van der Waals surface area contributed by atoms with Crippen LogP contribution >= 0.6 is 0 Å². The van der Waals surface area contributed by atoms with Gasteiger partial charge in [0.1, 0.15) is 11.7 Å². The number of amides is 4. The fourth-order valence-corrected chi connectivity index (χ4v) is 8.30. The van der Waals surface area contributed by atoms with Crippen molar-refractivity contribution in [2.75, 3.05) is 41.4 Å². The number of carbonyl (C=O) groups excluding carboxylic acids is 4. The van der Waals surface area contributed by atoms with Gasteiger partial charge in [0, 0.05) is 34.4 Å². The van der Waals surface area contributed by atoms with Crippen molar-refractivity contribution in [1.29, 1.82) is 0 Å². The second kappa shape index (κ2) is 23.1. The number of carbonyl (C=O) groups is 4. The average Bonchev–Trinajstić information content (AvgIpc) is 3.70. The van der Waals surface area contributed by atoms with E-state index in [0.717, 1.165) is 12.0 Å². The molecule has 15 heteroatoms. The number of hydrogen-bond acceptors (Lipinski definition) is 11. The Morgan fingerprint density at radius 1 is 0.914 bits per heavy atom. The van der Waals surface area contributed by atoms with Crippen LogP contribution in [0.15, 0.2) is 65.0 Å². The minimum absolute atomic E-state index is 0.00605. The molecule has 4 amide bonds. The Bertz CT molecular complexity index is 1640. The summed E-state index contributed by atoms with van der Waals surface area (Å²) in [5.41, 5.74) is 1.94. The van der Waals surface area contributed by atoms with E-state index in [4.69, 9.17) is 9.47 Å². The van der Waals surface area contributed by atoms with E-state index in [9.17, 15) is 29.0 Å². The molecule has 3 rings (SSSR count). The quantitative estimate of drug-likeness (QED) is 0.136. The number of hydrogen-bond donors (Lipinski definition) is 2. The molecule has 1 heterocycles. The molecule has 0 radical (unpaired) electrons. The number of nitrogens with one attached hydrogen (secondary N) is 2. The molecule has 2 aromatic carbocycles. The normalized spacial score (nSPS) is 18.3. The predicted molar refractivity (Wildman–Crippen MR) is 224 cm³/mol. The molecule has 15 nitrogen and oxygen atoms in total. The first-order chi connectivity index (χ1) is 27.6. The summed E-state index contributed by atoms with van der Waals surface area (Å²) in [6.07, 6.45) is 0.797. The number of nitrogens with zero attached hydrogens (tertiary/aromatic N) is 5. The van der Waals surface area contributed by atoms with Crippen LogP contribution in [0.1, 0.15) is 84.4 Å². The van der Waals surface area contributed by atoms with E-state index in [-0.39, 0.29) is 54.5 Å². The van der Waals surface area contributed by atoms with Gasteiger partial charge >= 0.3 is 0 Å². The van der Waals surface area contributed by atoms with Gasteiger partial charge in [-0.05, 0) is 67.1 Å². The number of ether oxygens (including phenoxy) is 2. The Morgan fingerprint density at radius 3 is 2.12 bits per heavy atom. The van der Waals surface area contributed by atoms with Gasteiger partial charge in [0.25, 0.3) is 0 Å². The second-order valence-electron chi connectivity index (χ2n) is 16.0. The van der Waals surface area contributed by atoms with Crippen molar-refractivity contribution in [3.8, 4) is 0 Å². The fraction of sp³-hybridized carbons (Fsp3) is 0.628. The zero-order chi connectivity index (χ0) is 43.1. The molecule has 58 heavy (non-hydrogen) atoms. The maximum atomic E-state index is 14.1. The summed E-state index contributed by atoms with van der Waals surface area (Å²) in [4.78, 5) is 82.9. The molecule has 320 valence electrons. The van der Waals surface area contributed by atoms with Gasteiger partial charge in [0.05, 0.1) is 55.3 Å². The Hall–Kier alpha value is -4.60. The molecule has 0 aromatic heterocycles. The van der Waals surface area contributed by atoms with Crippen molar-refractivity contribution in [2.24, 2.45) is 28.1 Å². The van der Waals surface area contributed by atoms with Crippen LogP contribution in [0.3, 0.4) is 0 Å².